The van der Waals surface area contributed by atoms with Crippen LogP contribution in [-0.4, -0.2) is 65.5 Å². The molecular formula is C22H29N3O6S. The first-order chi connectivity index (χ1) is 15.2. The van der Waals surface area contributed by atoms with E-state index in [4.69, 9.17) is 9.47 Å². The largest absolute Gasteiger partial charge is 0.497 e. The third kappa shape index (κ3) is 5.45. The lowest BCUT2D eigenvalue weighted by Gasteiger charge is -2.29. The summed E-state index contributed by atoms with van der Waals surface area (Å²) in [4.78, 5) is 26.2. The van der Waals surface area contributed by atoms with Gasteiger partial charge in [-0.25, -0.2) is 8.42 Å². The average Bonchev–Trinajstić information content (AvgIpc) is 2.97. The van der Waals surface area contributed by atoms with Crippen molar-refractivity contribution in [3.63, 3.8) is 0 Å². The second-order valence-electron chi connectivity index (χ2n) is 7.02. The van der Waals surface area contributed by atoms with E-state index < -0.39 is 22.0 Å². The van der Waals surface area contributed by atoms with Gasteiger partial charge in [-0.05, 0) is 50.0 Å². The SMILES string of the molecule is CNC.COC(=O)C1CN(C(C)=O)c2ccccc2CN1S(=O)(=O)c1ccc(OC)cc1. The predicted octanol–water partition coefficient (Wildman–Crippen LogP) is 1.63. The van der Waals surface area contributed by atoms with Crippen LogP contribution in [0.15, 0.2) is 53.4 Å². The van der Waals surface area contributed by atoms with Gasteiger partial charge < -0.3 is 19.7 Å². The number of methoxy groups -OCH3 is 2. The molecule has 1 N–H and O–H groups in total. The van der Waals surface area contributed by atoms with Crippen LogP contribution in [0, 0.1) is 0 Å². The number of carbonyl (C=O) groups excluding carboxylic acids is 2. The van der Waals surface area contributed by atoms with Crippen LogP contribution in [0.3, 0.4) is 0 Å². The summed E-state index contributed by atoms with van der Waals surface area (Å²) in [5.74, 6) is -0.520. The van der Waals surface area contributed by atoms with Crippen LogP contribution >= 0.6 is 0 Å². The average molecular weight is 464 g/mol. The van der Waals surface area contributed by atoms with Crippen LogP contribution in [0.25, 0.3) is 0 Å². The molecule has 3 rings (SSSR count). The molecule has 1 unspecified atom stereocenters. The van der Waals surface area contributed by atoms with Gasteiger partial charge in [0, 0.05) is 19.2 Å². The Labute approximate surface area is 189 Å². The molecule has 0 saturated heterocycles. The van der Waals surface area contributed by atoms with Gasteiger partial charge in [-0.3, -0.25) is 9.59 Å². The topological polar surface area (TPSA) is 105 Å². The van der Waals surface area contributed by atoms with Crippen molar-refractivity contribution in [1.82, 2.24) is 9.62 Å². The van der Waals surface area contributed by atoms with Crippen LogP contribution in [0.5, 0.6) is 5.75 Å². The molecule has 1 atom stereocenters. The lowest BCUT2D eigenvalue weighted by atomic mass is 10.1. The van der Waals surface area contributed by atoms with Crippen molar-refractivity contribution in [2.24, 2.45) is 0 Å². The fourth-order valence-electron chi connectivity index (χ4n) is 3.31. The van der Waals surface area contributed by atoms with Gasteiger partial charge >= 0.3 is 5.97 Å². The highest BCUT2D eigenvalue weighted by Crippen LogP contribution is 2.32. The standard InChI is InChI=1S/C20H22N2O6S.C2H7N/c1-14(23)21-13-19(20(24)28-3)22(12-15-6-4-5-7-18(15)21)29(25,26)17-10-8-16(27-2)9-11-17;1-3-2/h4-11,19H,12-13H2,1-3H3;3H,1-2H3. The van der Waals surface area contributed by atoms with Crippen molar-refractivity contribution in [3.05, 3.63) is 54.1 Å². The summed E-state index contributed by atoms with van der Waals surface area (Å²) in [5.41, 5.74) is 1.19. The number of carbonyl (C=O) groups is 2. The van der Waals surface area contributed by atoms with Crippen molar-refractivity contribution >= 4 is 27.6 Å². The Morgan fingerprint density at radius 2 is 1.62 bits per heavy atom. The number of hydrogen-bond acceptors (Lipinski definition) is 7. The molecule has 1 heterocycles. The van der Waals surface area contributed by atoms with Crippen LogP contribution in [-0.2, 0) is 30.9 Å². The Balaban J connectivity index is 0.00000114. The zero-order valence-electron chi connectivity index (χ0n) is 18.9. The van der Waals surface area contributed by atoms with Crippen LogP contribution in [0.4, 0.5) is 5.69 Å². The van der Waals surface area contributed by atoms with Crippen molar-refractivity contribution in [2.45, 2.75) is 24.4 Å². The van der Waals surface area contributed by atoms with E-state index in [1.807, 2.05) is 14.1 Å². The zero-order chi connectivity index (χ0) is 23.9. The molecule has 1 amide bonds. The second-order valence-corrected chi connectivity index (χ2v) is 8.91. The van der Waals surface area contributed by atoms with Gasteiger partial charge in [0.2, 0.25) is 15.9 Å². The molecule has 2 aromatic carbocycles. The summed E-state index contributed by atoms with van der Waals surface area (Å²) in [7, 11) is 2.36. The van der Waals surface area contributed by atoms with E-state index in [2.05, 4.69) is 5.32 Å². The molecule has 0 fully saturated rings. The third-order valence-corrected chi connectivity index (χ3v) is 6.70. The maximum atomic E-state index is 13.4. The summed E-state index contributed by atoms with van der Waals surface area (Å²) >= 11 is 0. The fraction of sp³-hybridized carbons (Fsp3) is 0.364. The molecule has 0 bridgehead atoms. The Morgan fingerprint density at radius 3 is 2.16 bits per heavy atom. The molecule has 1 aliphatic heterocycles. The summed E-state index contributed by atoms with van der Waals surface area (Å²) < 4.78 is 37.9. The molecule has 1 aliphatic rings. The normalized spacial score (nSPS) is 16.2. The number of esters is 1. The summed E-state index contributed by atoms with van der Waals surface area (Å²) in [6, 6.07) is 11.7. The minimum Gasteiger partial charge on any atom is -0.497 e. The van der Waals surface area contributed by atoms with Crippen molar-refractivity contribution in [3.8, 4) is 5.75 Å². The van der Waals surface area contributed by atoms with Gasteiger partial charge in [0.15, 0.2) is 0 Å². The van der Waals surface area contributed by atoms with Gasteiger partial charge in [-0.1, -0.05) is 18.2 Å². The molecule has 10 heteroatoms. The van der Waals surface area contributed by atoms with Gasteiger partial charge in [-0.15, -0.1) is 0 Å². The van der Waals surface area contributed by atoms with E-state index >= 15 is 0 Å². The number of sulfonamides is 1. The number of hydrogen-bond donors (Lipinski definition) is 1. The number of para-hydroxylation sites is 1. The lowest BCUT2D eigenvalue weighted by molar-refractivity contribution is -0.144. The minimum absolute atomic E-state index is 0.0148. The van der Waals surface area contributed by atoms with Gasteiger partial charge in [0.1, 0.15) is 11.8 Å². The Bertz CT molecular complexity index is 1040. The highest BCUT2D eigenvalue weighted by Gasteiger charge is 2.41. The van der Waals surface area contributed by atoms with Crippen molar-refractivity contribution < 1.29 is 27.5 Å². The van der Waals surface area contributed by atoms with E-state index in [0.29, 0.717) is 17.0 Å². The van der Waals surface area contributed by atoms with E-state index in [9.17, 15) is 18.0 Å². The van der Waals surface area contributed by atoms with E-state index in [1.54, 1.807) is 24.3 Å². The number of anilines is 1. The number of ether oxygens (including phenoxy) is 2. The van der Waals surface area contributed by atoms with Gasteiger partial charge in [0.05, 0.1) is 25.7 Å². The first-order valence-electron chi connectivity index (χ1n) is 9.89. The molecule has 0 aliphatic carbocycles. The molecule has 174 valence electrons. The summed E-state index contributed by atoms with van der Waals surface area (Å²) in [5, 5.41) is 2.75. The highest BCUT2D eigenvalue weighted by molar-refractivity contribution is 7.89. The van der Waals surface area contributed by atoms with Gasteiger partial charge in [-0.2, -0.15) is 4.31 Å². The van der Waals surface area contributed by atoms with E-state index in [-0.39, 0.29) is 23.9 Å². The number of nitrogens with zero attached hydrogens (tertiary/aromatic N) is 2. The number of amides is 1. The number of benzene rings is 2. The van der Waals surface area contributed by atoms with Crippen LogP contribution < -0.4 is 15.0 Å². The van der Waals surface area contributed by atoms with Crippen molar-refractivity contribution in [2.75, 3.05) is 39.8 Å². The molecule has 0 aromatic heterocycles. The minimum atomic E-state index is -4.07. The zero-order valence-corrected chi connectivity index (χ0v) is 19.7. The maximum Gasteiger partial charge on any atom is 0.326 e. The van der Waals surface area contributed by atoms with E-state index in [1.165, 1.54) is 50.3 Å². The molecule has 9 nitrogen and oxygen atoms in total. The Kier molecular flexibility index (Phi) is 8.76. The number of nitrogens with one attached hydrogen (secondary N) is 1. The smallest absolute Gasteiger partial charge is 0.326 e. The molecule has 2 aromatic rings. The fourth-order valence-corrected chi connectivity index (χ4v) is 4.86. The molecule has 32 heavy (non-hydrogen) atoms. The molecule has 0 spiro atoms. The van der Waals surface area contributed by atoms with E-state index in [0.717, 1.165) is 4.31 Å². The summed E-state index contributed by atoms with van der Waals surface area (Å²) in [6.07, 6.45) is 0. The summed E-state index contributed by atoms with van der Waals surface area (Å²) in [6.45, 7) is 1.15. The monoisotopic (exact) mass is 463 g/mol. The molecule has 0 saturated carbocycles. The lowest BCUT2D eigenvalue weighted by Crippen LogP contribution is -2.50. The molecule has 0 radical (unpaired) electrons. The van der Waals surface area contributed by atoms with Gasteiger partial charge in [0.25, 0.3) is 0 Å². The number of fused-ring (bicyclic) bond motifs is 1. The highest BCUT2D eigenvalue weighted by atomic mass is 32.2. The Morgan fingerprint density at radius 1 is 1.03 bits per heavy atom. The third-order valence-electron chi connectivity index (χ3n) is 4.83. The molecular weight excluding hydrogens is 434 g/mol. The second kappa shape index (κ2) is 11.1. The quantitative estimate of drug-likeness (QED) is 0.687. The predicted molar refractivity (Wildman–Crippen MR) is 121 cm³/mol. The van der Waals surface area contributed by atoms with Crippen LogP contribution in [0.1, 0.15) is 12.5 Å². The van der Waals surface area contributed by atoms with Crippen molar-refractivity contribution in [1.29, 1.82) is 0 Å². The van der Waals surface area contributed by atoms with Crippen LogP contribution in [0.2, 0.25) is 0 Å². The Hall–Kier alpha value is -2.95. The first kappa shape index (κ1) is 25.3. The first-order valence-corrected chi connectivity index (χ1v) is 11.3. The number of rotatable bonds is 4. The maximum absolute atomic E-state index is 13.4.